The summed E-state index contributed by atoms with van der Waals surface area (Å²) < 4.78 is 1.02. The molecule has 4 nitrogen and oxygen atoms in total. The first-order chi connectivity index (χ1) is 21.9. The minimum Gasteiger partial charge on any atom is -0.348 e. The molecule has 0 saturated heterocycles. The molecule has 0 spiro atoms. The molecule has 5 rings (SSSR count). The number of amides is 1. The van der Waals surface area contributed by atoms with Gasteiger partial charge in [-0.15, -0.1) is 0 Å². The Balaban J connectivity index is 1.34. The molecule has 0 aliphatic carbocycles. The van der Waals surface area contributed by atoms with Gasteiger partial charge in [-0.1, -0.05) is 133 Å². The van der Waals surface area contributed by atoms with Crippen LogP contribution < -0.4 is 10.6 Å². The predicted molar refractivity (Wildman–Crippen MR) is 198 cm³/mol. The van der Waals surface area contributed by atoms with E-state index in [1.54, 1.807) is 0 Å². The molecule has 45 heavy (non-hydrogen) atoms. The predicted octanol–water partition coefficient (Wildman–Crippen LogP) is 8.11. The van der Waals surface area contributed by atoms with E-state index in [1.807, 2.05) is 31.3 Å². The van der Waals surface area contributed by atoms with Crippen molar-refractivity contribution in [3.63, 3.8) is 0 Å². The minimum absolute atomic E-state index is 0.0402. The molecular formula is C40H44IN3O. The second-order valence-corrected chi connectivity index (χ2v) is 12.8. The number of nitrogens with zero attached hydrogens (tertiary/aromatic N) is 1. The summed E-state index contributed by atoms with van der Waals surface area (Å²) in [7, 11) is 4.19. The quantitative estimate of drug-likeness (QED) is 0.0905. The van der Waals surface area contributed by atoms with Crippen LogP contribution in [-0.2, 0) is 23.7 Å². The maximum absolute atomic E-state index is 13.7. The average molecular weight is 710 g/mol. The van der Waals surface area contributed by atoms with Crippen LogP contribution in [0.2, 0.25) is 0 Å². The van der Waals surface area contributed by atoms with Gasteiger partial charge >= 0.3 is 0 Å². The number of hydrogen-bond donors (Lipinski definition) is 2. The molecule has 2 atom stereocenters. The number of hydrogen-bond acceptors (Lipinski definition) is 3. The van der Waals surface area contributed by atoms with Crippen molar-refractivity contribution in [2.75, 3.05) is 27.2 Å². The van der Waals surface area contributed by atoms with E-state index in [2.05, 4.69) is 143 Å². The lowest BCUT2D eigenvalue weighted by atomic mass is 9.99. The molecule has 232 valence electrons. The molecule has 0 aliphatic rings. The van der Waals surface area contributed by atoms with E-state index in [1.165, 1.54) is 33.0 Å². The van der Waals surface area contributed by atoms with Crippen LogP contribution >= 0.6 is 22.6 Å². The molecule has 0 aromatic heterocycles. The van der Waals surface area contributed by atoms with Gasteiger partial charge in [-0.25, -0.2) is 0 Å². The average Bonchev–Trinajstić information content (AvgIpc) is 3.08. The monoisotopic (exact) mass is 709 g/mol. The molecule has 0 saturated carbocycles. The number of rotatable bonds is 14. The van der Waals surface area contributed by atoms with Crippen molar-refractivity contribution in [2.24, 2.45) is 0 Å². The number of fused-ring (bicyclic) bond motifs is 1. The summed E-state index contributed by atoms with van der Waals surface area (Å²) in [4.78, 5) is 16.1. The van der Waals surface area contributed by atoms with Gasteiger partial charge in [0, 0.05) is 35.2 Å². The second kappa shape index (κ2) is 16.2. The van der Waals surface area contributed by atoms with E-state index in [0.29, 0.717) is 5.56 Å². The standard InChI is InChI=1S/C40H44IN3O/c1-4-29-13-16-34(17-14-29)35-19-21-36(22-20-35)40(45)43-38(24-32-15-18-33-7-5-6-8-37(33)23-32)28-44(3)39(27-42-2)25-30-9-11-31(26-41)12-10-30/h5-23,38-39,42H,4,24-28H2,1-3H3,(H,43,45)/t38-,39+/m1/s1. The Kier molecular flexibility index (Phi) is 11.8. The summed E-state index contributed by atoms with van der Waals surface area (Å²) in [5.41, 5.74) is 8.17. The third-order valence-electron chi connectivity index (χ3n) is 8.69. The molecule has 0 radical (unpaired) electrons. The van der Waals surface area contributed by atoms with Crippen LogP contribution in [0.25, 0.3) is 21.9 Å². The number of alkyl halides is 1. The van der Waals surface area contributed by atoms with Gasteiger partial charge in [0.15, 0.2) is 0 Å². The van der Waals surface area contributed by atoms with Gasteiger partial charge in [-0.2, -0.15) is 0 Å². The maximum atomic E-state index is 13.7. The normalized spacial score (nSPS) is 12.7. The highest BCUT2D eigenvalue weighted by atomic mass is 127. The number of carbonyl (C=O) groups is 1. The van der Waals surface area contributed by atoms with Gasteiger partial charge in [-0.05, 0) is 89.6 Å². The largest absolute Gasteiger partial charge is 0.348 e. The maximum Gasteiger partial charge on any atom is 0.251 e. The van der Waals surface area contributed by atoms with Crippen molar-refractivity contribution in [1.29, 1.82) is 0 Å². The van der Waals surface area contributed by atoms with Crippen molar-refractivity contribution >= 4 is 39.3 Å². The summed E-state index contributed by atoms with van der Waals surface area (Å²) in [5, 5.41) is 9.25. The third-order valence-corrected chi connectivity index (χ3v) is 9.57. The summed E-state index contributed by atoms with van der Waals surface area (Å²) >= 11 is 2.41. The first-order valence-electron chi connectivity index (χ1n) is 15.9. The van der Waals surface area contributed by atoms with Crippen LogP contribution in [0.1, 0.15) is 39.5 Å². The zero-order valence-electron chi connectivity index (χ0n) is 26.6. The minimum atomic E-state index is -0.0642. The fourth-order valence-electron chi connectivity index (χ4n) is 5.98. The Hall–Kier alpha value is -3.52. The smallest absolute Gasteiger partial charge is 0.251 e. The molecule has 0 aliphatic heterocycles. The summed E-state index contributed by atoms with van der Waals surface area (Å²) in [6, 6.07) is 40.9. The number of halogens is 1. The Bertz CT molecular complexity index is 1670. The van der Waals surface area contributed by atoms with Crippen molar-refractivity contribution in [3.8, 4) is 11.1 Å². The SMILES string of the molecule is CCc1ccc(-c2ccc(C(=O)N[C@H](Cc3ccc4ccccc4c3)CN(C)[C@H](CNC)Cc3ccc(CI)cc3)cc2)cc1. The summed E-state index contributed by atoms with van der Waals surface area (Å²) in [6.07, 6.45) is 2.71. The molecular weight excluding hydrogens is 665 g/mol. The van der Waals surface area contributed by atoms with Crippen LogP contribution in [0.4, 0.5) is 0 Å². The van der Waals surface area contributed by atoms with Crippen LogP contribution in [0.3, 0.4) is 0 Å². The molecule has 5 heteroatoms. The lowest BCUT2D eigenvalue weighted by Crippen LogP contribution is -2.49. The van der Waals surface area contributed by atoms with E-state index < -0.39 is 0 Å². The van der Waals surface area contributed by atoms with Gasteiger partial charge in [-0.3, -0.25) is 9.69 Å². The van der Waals surface area contributed by atoms with Gasteiger partial charge < -0.3 is 10.6 Å². The summed E-state index contributed by atoms with van der Waals surface area (Å²) in [5.74, 6) is -0.0402. The van der Waals surface area contributed by atoms with Crippen molar-refractivity contribution in [3.05, 3.63) is 143 Å². The van der Waals surface area contributed by atoms with Crippen molar-refractivity contribution < 1.29 is 4.79 Å². The van der Waals surface area contributed by atoms with E-state index in [-0.39, 0.29) is 18.0 Å². The number of likely N-dealkylation sites (N-methyl/N-ethyl adjacent to an activating group) is 2. The van der Waals surface area contributed by atoms with Crippen molar-refractivity contribution in [2.45, 2.75) is 42.7 Å². The van der Waals surface area contributed by atoms with E-state index in [9.17, 15) is 4.79 Å². The van der Waals surface area contributed by atoms with Crippen LogP contribution in [-0.4, -0.2) is 50.1 Å². The Morgan fingerprint density at radius 2 is 1.33 bits per heavy atom. The second-order valence-electron chi connectivity index (χ2n) is 12.0. The number of aryl methyl sites for hydroxylation is 1. The fourth-order valence-corrected chi connectivity index (χ4v) is 6.49. The van der Waals surface area contributed by atoms with Gasteiger partial charge in [0.05, 0.1) is 0 Å². The highest BCUT2D eigenvalue weighted by Crippen LogP contribution is 2.22. The van der Waals surface area contributed by atoms with Crippen LogP contribution in [0.5, 0.6) is 0 Å². The zero-order chi connectivity index (χ0) is 31.6. The van der Waals surface area contributed by atoms with Gasteiger partial charge in [0.1, 0.15) is 0 Å². The first kappa shape index (κ1) is 32.9. The number of carbonyl (C=O) groups excluding carboxylic acids is 1. The van der Waals surface area contributed by atoms with Gasteiger partial charge in [0.25, 0.3) is 5.91 Å². The highest BCUT2D eigenvalue weighted by molar-refractivity contribution is 14.1. The Morgan fingerprint density at radius 3 is 1.98 bits per heavy atom. The van der Waals surface area contributed by atoms with Crippen LogP contribution in [0, 0.1) is 0 Å². The lowest BCUT2D eigenvalue weighted by molar-refractivity contribution is 0.0921. The molecule has 1 amide bonds. The van der Waals surface area contributed by atoms with E-state index in [0.717, 1.165) is 47.9 Å². The topological polar surface area (TPSA) is 44.4 Å². The molecule has 0 fully saturated rings. The highest BCUT2D eigenvalue weighted by Gasteiger charge is 2.22. The fraction of sp³-hybridized carbons (Fsp3) is 0.275. The molecule has 5 aromatic carbocycles. The molecule has 5 aromatic rings. The Labute approximate surface area is 282 Å². The Morgan fingerprint density at radius 1 is 0.733 bits per heavy atom. The number of nitrogens with one attached hydrogen (secondary N) is 2. The summed E-state index contributed by atoms with van der Waals surface area (Å²) in [6.45, 7) is 3.76. The van der Waals surface area contributed by atoms with Crippen LogP contribution in [0.15, 0.2) is 115 Å². The first-order valence-corrected chi connectivity index (χ1v) is 17.4. The molecule has 0 unspecified atom stereocenters. The molecule has 2 N–H and O–H groups in total. The number of benzene rings is 5. The third kappa shape index (κ3) is 9.03. The molecule has 0 heterocycles. The van der Waals surface area contributed by atoms with E-state index >= 15 is 0 Å². The van der Waals surface area contributed by atoms with Gasteiger partial charge in [0.2, 0.25) is 0 Å². The molecule has 0 bridgehead atoms. The lowest BCUT2D eigenvalue weighted by Gasteiger charge is -2.32. The zero-order valence-corrected chi connectivity index (χ0v) is 28.8. The van der Waals surface area contributed by atoms with Crippen molar-refractivity contribution in [1.82, 2.24) is 15.5 Å². The van der Waals surface area contributed by atoms with E-state index in [4.69, 9.17) is 0 Å².